The van der Waals surface area contributed by atoms with Gasteiger partial charge in [-0.3, -0.25) is 9.89 Å². The summed E-state index contributed by atoms with van der Waals surface area (Å²) in [6, 6.07) is 0.677. The molecule has 3 rings (SSSR count). The molecule has 132 valence electrons. The van der Waals surface area contributed by atoms with Crippen LogP contribution in [0.3, 0.4) is 0 Å². The molecule has 0 spiro atoms. The van der Waals surface area contributed by atoms with Crippen LogP contribution in [0.1, 0.15) is 52.4 Å². The predicted octanol–water partition coefficient (Wildman–Crippen LogP) is 1.99. The maximum absolute atomic E-state index is 6.03. The van der Waals surface area contributed by atoms with Gasteiger partial charge in [0.1, 0.15) is 0 Å². The van der Waals surface area contributed by atoms with E-state index in [2.05, 4.69) is 29.4 Å². The monoisotopic (exact) mass is 322 g/mol. The Morgan fingerprint density at radius 2 is 2.13 bits per heavy atom. The molecule has 2 atom stereocenters. The zero-order chi connectivity index (χ0) is 16.1. The van der Waals surface area contributed by atoms with Gasteiger partial charge in [-0.15, -0.1) is 0 Å². The lowest BCUT2D eigenvalue weighted by molar-refractivity contribution is -0.0453. The number of hydrogen-bond acceptors (Lipinski definition) is 3. The quantitative estimate of drug-likeness (QED) is 0.580. The normalized spacial score (nSPS) is 30.6. The van der Waals surface area contributed by atoms with Gasteiger partial charge >= 0.3 is 0 Å². The summed E-state index contributed by atoms with van der Waals surface area (Å²) >= 11 is 0. The Hall–Kier alpha value is -0.810. The van der Waals surface area contributed by atoms with E-state index in [9.17, 15) is 0 Å². The minimum Gasteiger partial charge on any atom is -0.373 e. The van der Waals surface area contributed by atoms with Gasteiger partial charge in [0.05, 0.1) is 12.7 Å². The Kier molecular flexibility index (Phi) is 5.81. The summed E-state index contributed by atoms with van der Waals surface area (Å²) < 4.78 is 6.03. The highest BCUT2D eigenvalue weighted by molar-refractivity contribution is 5.79. The van der Waals surface area contributed by atoms with Crippen LogP contribution in [0.25, 0.3) is 0 Å². The van der Waals surface area contributed by atoms with Crippen molar-refractivity contribution in [3.8, 4) is 0 Å². The molecule has 5 heteroatoms. The lowest BCUT2D eigenvalue weighted by Gasteiger charge is -2.40. The number of ether oxygens (including phenoxy) is 1. The molecular formula is C18H34N4O. The second kappa shape index (κ2) is 7.84. The molecule has 2 aliphatic heterocycles. The number of fused-ring (bicyclic) bond motifs is 1. The van der Waals surface area contributed by atoms with E-state index in [1.165, 1.54) is 45.1 Å². The van der Waals surface area contributed by atoms with Crippen molar-refractivity contribution in [2.24, 2.45) is 10.4 Å². The van der Waals surface area contributed by atoms with Gasteiger partial charge in [0, 0.05) is 32.2 Å². The van der Waals surface area contributed by atoms with Gasteiger partial charge in [0.25, 0.3) is 0 Å². The highest BCUT2D eigenvalue weighted by atomic mass is 16.5. The number of morpholine rings is 1. The zero-order valence-electron chi connectivity index (χ0n) is 14.9. The average molecular weight is 322 g/mol. The Morgan fingerprint density at radius 1 is 1.26 bits per heavy atom. The van der Waals surface area contributed by atoms with Crippen LogP contribution in [0.2, 0.25) is 0 Å². The Labute approximate surface area is 141 Å². The fourth-order valence-electron chi connectivity index (χ4n) is 4.11. The smallest absolute Gasteiger partial charge is 0.191 e. The molecule has 0 radical (unpaired) electrons. The van der Waals surface area contributed by atoms with Gasteiger partial charge in [-0.1, -0.05) is 13.3 Å². The van der Waals surface area contributed by atoms with Gasteiger partial charge in [-0.05, 0) is 51.0 Å². The number of nitrogens with one attached hydrogen (secondary N) is 2. The first kappa shape index (κ1) is 17.0. The number of nitrogens with zero attached hydrogens (tertiary/aromatic N) is 2. The van der Waals surface area contributed by atoms with Crippen molar-refractivity contribution in [2.75, 3.05) is 39.3 Å². The van der Waals surface area contributed by atoms with E-state index in [4.69, 9.17) is 9.73 Å². The van der Waals surface area contributed by atoms with Crippen molar-refractivity contribution in [1.29, 1.82) is 0 Å². The lowest BCUT2D eigenvalue weighted by atomic mass is 9.67. The largest absolute Gasteiger partial charge is 0.373 e. The number of rotatable bonds is 6. The van der Waals surface area contributed by atoms with Gasteiger partial charge < -0.3 is 15.4 Å². The summed E-state index contributed by atoms with van der Waals surface area (Å²) in [5.74, 6) is 0.958. The summed E-state index contributed by atoms with van der Waals surface area (Å²) in [6.45, 7) is 10.4. The van der Waals surface area contributed by atoms with Crippen LogP contribution >= 0.6 is 0 Å². The minimum atomic E-state index is 0.289. The van der Waals surface area contributed by atoms with Gasteiger partial charge in [-0.25, -0.2) is 0 Å². The van der Waals surface area contributed by atoms with E-state index in [1.54, 1.807) is 0 Å². The second-order valence-corrected chi connectivity index (χ2v) is 7.53. The van der Waals surface area contributed by atoms with Crippen molar-refractivity contribution in [2.45, 2.75) is 64.5 Å². The maximum Gasteiger partial charge on any atom is 0.191 e. The summed E-state index contributed by atoms with van der Waals surface area (Å²) in [5.41, 5.74) is 0.479. The molecule has 2 unspecified atom stereocenters. The van der Waals surface area contributed by atoms with Crippen molar-refractivity contribution in [1.82, 2.24) is 15.5 Å². The first-order chi connectivity index (χ1) is 11.2. The third kappa shape index (κ3) is 4.18. The average Bonchev–Trinajstić information content (AvgIpc) is 2.99. The third-order valence-corrected chi connectivity index (χ3v) is 6.04. The van der Waals surface area contributed by atoms with E-state index in [0.29, 0.717) is 11.5 Å². The van der Waals surface area contributed by atoms with E-state index in [1.807, 2.05) is 0 Å². The topological polar surface area (TPSA) is 48.9 Å². The molecule has 2 heterocycles. The van der Waals surface area contributed by atoms with Crippen LogP contribution in [-0.2, 0) is 4.74 Å². The Morgan fingerprint density at radius 3 is 2.83 bits per heavy atom. The number of hydrogen-bond donors (Lipinski definition) is 2. The molecule has 1 aliphatic carbocycles. The molecule has 0 amide bonds. The highest BCUT2D eigenvalue weighted by Gasteiger charge is 2.35. The molecule has 3 aliphatic rings. The Bertz CT molecular complexity index is 402. The van der Waals surface area contributed by atoms with E-state index < -0.39 is 0 Å². The van der Waals surface area contributed by atoms with E-state index >= 15 is 0 Å². The van der Waals surface area contributed by atoms with Crippen molar-refractivity contribution >= 4 is 5.96 Å². The molecule has 0 aromatic heterocycles. The fraction of sp³-hybridized carbons (Fsp3) is 0.944. The van der Waals surface area contributed by atoms with Crippen molar-refractivity contribution in [3.05, 3.63) is 0 Å². The van der Waals surface area contributed by atoms with Crippen LogP contribution in [0, 0.1) is 5.41 Å². The van der Waals surface area contributed by atoms with Crippen LogP contribution in [0.4, 0.5) is 0 Å². The molecular weight excluding hydrogens is 288 g/mol. The van der Waals surface area contributed by atoms with Crippen LogP contribution in [0.15, 0.2) is 4.99 Å². The molecule has 5 nitrogen and oxygen atoms in total. The first-order valence-electron chi connectivity index (χ1n) is 9.62. The Balaban J connectivity index is 1.47. The highest BCUT2D eigenvalue weighted by Crippen LogP contribution is 2.43. The molecule has 0 aromatic rings. The molecule has 2 N–H and O–H groups in total. The van der Waals surface area contributed by atoms with Crippen molar-refractivity contribution in [3.63, 3.8) is 0 Å². The number of aliphatic imine (C=N–C) groups is 1. The van der Waals surface area contributed by atoms with E-state index in [0.717, 1.165) is 38.7 Å². The lowest BCUT2D eigenvalue weighted by Crippen LogP contribution is -2.51. The molecule has 1 saturated carbocycles. The van der Waals surface area contributed by atoms with Crippen LogP contribution < -0.4 is 10.6 Å². The molecule has 0 bridgehead atoms. The molecule has 2 saturated heterocycles. The zero-order valence-corrected chi connectivity index (χ0v) is 14.9. The van der Waals surface area contributed by atoms with E-state index in [-0.39, 0.29) is 6.10 Å². The first-order valence-corrected chi connectivity index (χ1v) is 9.62. The van der Waals surface area contributed by atoms with Gasteiger partial charge in [-0.2, -0.15) is 0 Å². The minimum absolute atomic E-state index is 0.289. The molecule has 3 fully saturated rings. The van der Waals surface area contributed by atoms with Gasteiger partial charge in [0.2, 0.25) is 0 Å². The summed E-state index contributed by atoms with van der Waals surface area (Å²) in [7, 11) is 0. The molecule has 0 aromatic carbocycles. The summed E-state index contributed by atoms with van der Waals surface area (Å²) in [5, 5.41) is 6.89. The number of guanidine groups is 1. The third-order valence-electron chi connectivity index (χ3n) is 6.04. The van der Waals surface area contributed by atoms with Gasteiger partial charge in [0.15, 0.2) is 5.96 Å². The van der Waals surface area contributed by atoms with Crippen LogP contribution in [0.5, 0.6) is 0 Å². The second-order valence-electron chi connectivity index (χ2n) is 7.53. The maximum atomic E-state index is 6.03. The molecule has 23 heavy (non-hydrogen) atoms. The van der Waals surface area contributed by atoms with Crippen LogP contribution in [-0.4, -0.2) is 62.3 Å². The van der Waals surface area contributed by atoms with Crippen molar-refractivity contribution < 1.29 is 4.74 Å². The summed E-state index contributed by atoms with van der Waals surface area (Å²) in [4.78, 5) is 7.45. The SMILES string of the molecule is CCNC(=NCC1(CC)CCC1)NCC1CN2CCCC2CO1. The fourth-order valence-corrected chi connectivity index (χ4v) is 4.11. The summed E-state index contributed by atoms with van der Waals surface area (Å²) in [6.07, 6.45) is 8.24. The predicted molar refractivity (Wildman–Crippen MR) is 94.9 cm³/mol. The standard InChI is InChI=1S/C18H34N4O/c1-3-18(8-6-9-18)14-21-17(19-4-2)20-11-16-12-22-10-5-7-15(22)13-23-16/h15-16H,3-14H2,1-2H3,(H2,19,20,21).